The van der Waals surface area contributed by atoms with E-state index in [0.717, 1.165) is 56.9 Å². The van der Waals surface area contributed by atoms with Crippen LogP contribution in [0.15, 0.2) is 23.1 Å². The van der Waals surface area contributed by atoms with Gasteiger partial charge in [-0.05, 0) is 37.8 Å². The summed E-state index contributed by atoms with van der Waals surface area (Å²) < 4.78 is 27.9. The molecule has 1 aliphatic carbocycles. The molecule has 183 valence electrons. The van der Waals surface area contributed by atoms with E-state index in [1.54, 1.807) is 0 Å². The molecule has 1 aromatic rings. The molecule has 8 nitrogen and oxygen atoms in total. The van der Waals surface area contributed by atoms with Gasteiger partial charge in [-0.25, -0.2) is 8.42 Å². The van der Waals surface area contributed by atoms with Gasteiger partial charge in [-0.15, -0.1) is 0 Å². The first-order valence-electron chi connectivity index (χ1n) is 10.9. The first kappa shape index (κ1) is 29.3. The van der Waals surface area contributed by atoms with Crippen molar-refractivity contribution in [1.82, 2.24) is 9.62 Å². The van der Waals surface area contributed by atoms with Crippen LogP contribution in [0.3, 0.4) is 0 Å². The molecule has 1 amide bonds. The number of carbonyl (C=O) groups excluding carboxylic acids is 1. The number of halogens is 1. The number of amides is 1. The third kappa shape index (κ3) is 7.39. The molecule has 2 aliphatic rings. The zero-order valence-electron chi connectivity index (χ0n) is 18.9. The normalized spacial score (nSPS) is 20.5. The Morgan fingerprint density at radius 2 is 1.73 bits per heavy atom. The molecule has 1 saturated heterocycles. The second kappa shape index (κ2) is 13.2. The Bertz CT molecular complexity index is 901. The minimum Gasteiger partial charge on any atom is -0.354 e. The van der Waals surface area contributed by atoms with Crippen LogP contribution in [0.2, 0.25) is 5.02 Å². The van der Waals surface area contributed by atoms with Crippen LogP contribution >= 0.6 is 11.6 Å². The SMILES string of the molecule is O=C(NCC1CCCCN1S(=O)(=O)c1ccc(Cl)c([N+](=O)[O-])c1)[C]1CCCCCCC1.[CH2].[CH2]. The topological polar surface area (TPSA) is 110 Å². The second-order valence-electron chi connectivity index (χ2n) is 8.22. The lowest BCUT2D eigenvalue weighted by atomic mass is 9.90. The van der Waals surface area contributed by atoms with Gasteiger partial charge >= 0.3 is 0 Å². The zero-order chi connectivity index (χ0) is 22.4. The summed E-state index contributed by atoms with van der Waals surface area (Å²) in [6.07, 6.45) is 9.32. The maximum atomic E-state index is 13.3. The second-order valence-corrected chi connectivity index (χ2v) is 10.5. The third-order valence-corrected chi connectivity index (χ3v) is 8.34. The highest BCUT2D eigenvalue weighted by atomic mass is 35.5. The van der Waals surface area contributed by atoms with E-state index in [1.807, 2.05) is 0 Å². The molecule has 1 aliphatic heterocycles. The summed E-state index contributed by atoms with van der Waals surface area (Å²) in [7, 11) is -3.96. The highest BCUT2D eigenvalue weighted by Gasteiger charge is 2.35. The van der Waals surface area contributed by atoms with E-state index in [2.05, 4.69) is 5.32 Å². The van der Waals surface area contributed by atoms with Gasteiger partial charge in [0.25, 0.3) is 5.69 Å². The lowest BCUT2D eigenvalue weighted by Crippen LogP contribution is -2.49. The van der Waals surface area contributed by atoms with Crippen LogP contribution in [0, 0.1) is 30.9 Å². The Morgan fingerprint density at radius 1 is 1.09 bits per heavy atom. The smallest absolute Gasteiger partial charge is 0.289 e. The van der Waals surface area contributed by atoms with E-state index in [1.165, 1.54) is 22.9 Å². The van der Waals surface area contributed by atoms with Crippen molar-refractivity contribution >= 4 is 33.2 Å². The molecule has 1 unspecified atom stereocenters. The largest absolute Gasteiger partial charge is 0.354 e. The van der Waals surface area contributed by atoms with Crippen molar-refractivity contribution in [3.05, 3.63) is 54.1 Å². The molecular weight excluding hydrogens is 466 g/mol. The fraction of sp³-hybridized carbons (Fsp3) is 0.565. The fourth-order valence-corrected chi connectivity index (χ4v) is 6.22. The first-order valence-corrected chi connectivity index (χ1v) is 12.7. The van der Waals surface area contributed by atoms with E-state index >= 15 is 0 Å². The number of nitro groups is 1. The van der Waals surface area contributed by atoms with Gasteiger partial charge in [0, 0.05) is 25.2 Å². The summed E-state index contributed by atoms with van der Waals surface area (Å²) in [4.78, 5) is 23.0. The fourth-order valence-electron chi connectivity index (χ4n) is 4.32. The number of piperidine rings is 1. The van der Waals surface area contributed by atoms with E-state index in [4.69, 9.17) is 11.6 Å². The third-order valence-electron chi connectivity index (χ3n) is 6.07. The van der Waals surface area contributed by atoms with Crippen LogP contribution in [-0.2, 0) is 14.8 Å². The van der Waals surface area contributed by atoms with Gasteiger partial charge in [-0.3, -0.25) is 14.9 Å². The minimum absolute atomic E-state index is 0. The Kier molecular flexibility index (Phi) is 11.8. The summed E-state index contributed by atoms with van der Waals surface area (Å²) in [6, 6.07) is 3.15. The number of benzene rings is 1. The van der Waals surface area contributed by atoms with Crippen LogP contribution in [0.4, 0.5) is 5.69 Å². The predicted octanol–water partition coefficient (Wildman–Crippen LogP) is 4.88. The number of sulfonamides is 1. The molecule has 3 rings (SSSR count). The quantitative estimate of drug-likeness (QED) is 0.444. The summed E-state index contributed by atoms with van der Waals surface area (Å²) >= 11 is 5.84. The van der Waals surface area contributed by atoms with Crippen molar-refractivity contribution in [2.75, 3.05) is 13.1 Å². The molecule has 0 bridgehead atoms. The van der Waals surface area contributed by atoms with Crippen molar-refractivity contribution < 1.29 is 18.1 Å². The number of nitrogens with zero attached hydrogens (tertiary/aromatic N) is 2. The van der Waals surface area contributed by atoms with Gasteiger partial charge in [0.2, 0.25) is 15.9 Å². The van der Waals surface area contributed by atoms with Gasteiger partial charge in [0.05, 0.1) is 15.7 Å². The summed E-state index contributed by atoms with van der Waals surface area (Å²) in [5, 5.41) is 14.0. The van der Waals surface area contributed by atoms with Crippen LogP contribution in [0.1, 0.15) is 64.2 Å². The molecule has 10 heteroatoms. The molecule has 1 atom stereocenters. The number of nitrogens with one attached hydrogen (secondary N) is 1. The lowest BCUT2D eigenvalue weighted by Gasteiger charge is -2.35. The zero-order valence-corrected chi connectivity index (χ0v) is 20.5. The highest BCUT2D eigenvalue weighted by Crippen LogP contribution is 2.31. The number of hydrogen-bond acceptors (Lipinski definition) is 5. The van der Waals surface area contributed by atoms with Crippen molar-refractivity contribution in [2.45, 2.75) is 75.1 Å². The molecule has 1 N–H and O–H groups in total. The Balaban J connectivity index is 0.00000272. The summed E-state index contributed by atoms with van der Waals surface area (Å²) in [5.74, 6) is 0.824. The van der Waals surface area contributed by atoms with E-state index in [9.17, 15) is 23.3 Å². The van der Waals surface area contributed by atoms with Gasteiger partial charge < -0.3 is 5.32 Å². The number of carbonyl (C=O) groups is 1. The van der Waals surface area contributed by atoms with Crippen molar-refractivity contribution in [1.29, 1.82) is 0 Å². The van der Waals surface area contributed by atoms with Crippen LogP contribution in [0.25, 0.3) is 0 Å². The molecule has 0 spiro atoms. The van der Waals surface area contributed by atoms with Crippen LogP contribution in [-0.4, -0.2) is 42.7 Å². The van der Waals surface area contributed by atoms with E-state index < -0.39 is 20.6 Å². The molecular formula is C23H33ClN3O5S. The lowest BCUT2D eigenvalue weighted by molar-refractivity contribution is -0.384. The van der Waals surface area contributed by atoms with Crippen LogP contribution < -0.4 is 5.32 Å². The summed E-state index contributed by atoms with van der Waals surface area (Å²) in [5.41, 5.74) is -0.440. The Hall–Kier alpha value is -1.71. The maximum absolute atomic E-state index is 13.3. The molecule has 1 saturated carbocycles. The standard InChI is InChI=1S/C21H29ClN3O5S.2CH2/c22-19-12-11-18(14-20(19)25(27)28)31(29,30)24-13-7-6-10-17(24)15-23-21(26)16-8-4-2-1-3-5-9-16;;/h11-12,14,17H,1-10,13,15H2,(H,23,26);2*1H2. The number of rotatable bonds is 6. The predicted molar refractivity (Wildman–Crippen MR) is 129 cm³/mol. The van der Waals surface area contributed by atoms with E-state index in [-0.39, 0.29) is 43.3 Å². The number of hydrogen-bond donors (Lipinski definition) is 1. The molecule has 1 aromatic carbocycles. The average Bonchev–Trinajstić information content (AvgIpc) is 2.72. The number of nitro benzene ring substituents is 1. The van der Waals surface area contributed by atoms with Crippen molar-refractivity contribution in [3.63, 3.8) is 0 Å². The Labute approximate surface area is 203 Å². The monoisotopic (exact) mass is 498 g/mol. The highest BCUT2D eigenvalue weighted by molar-refractivity contribution is 7.89. The first-order chi connectivity index (χ1) is 14.8. The maximum Gasteiger partial charge on any atom is 0.289 e. The van der Waals surface area contributed by atoms with Gasteiger partial charge in [0.15, 0.2) is 0 Å². The Morgan fingerprint density at radius 3 is 2.36 bits per heavy atom. The van der Waals surface area contributed by atoms with Gasteiger partial charge in [-0.2, -0.15) is 4.31 Å². The van der Waals surface area contributed by atoms with Crippen molar-refractivity contribution in [2.24, 2.45) is 0 Å². The summed E-state index contributed by atoms with van der Waals surface area (Å²) in [6.45, 7) is 0.549. The van der Waals surface area contributed by atoms with E-state index in [0.29, 0.717) is 19.4 Å². The molecule has 5 radical (unpaired) electrons. The molecule has 0 aromatic heterocycles. The molecule has 33 heavy (non-hydrogen) atoms. The molecule has 1 heterocycles. The average molecular weight is 499 g/mol. The molecule has 2 fully saturated rings. The van der Waals surface area contributed by atoms with Crippen molar-refractivity contribution in [3.8, 4) is 0 Å². The van der Waals surface area contributed by atoms with Crippen LogP contribution in [0.5, 0.6) is 0 Å². The van der Waals surface area contributed by atoms with Gasteiger partial charge in [0.1, 0.15) is 5.02 Å². The van der Waals surface area contributed by atoms with Gasteiger partial charge in [-0.1, -0.05) is 65.0 Å². The minimum atomic E-state index is -3.96.